The van der Waals surface area contributed by atoms with Gasteiger partial charge in [-0.05, 0) is 38.1 Å². The molecular weight excluding hydrogens is 379 g/mol. The number of rotatable bonds is 5. The topological polar surface area (TPSA) is 82.5 Å². The Balaban J connectivity index is 1.55. The van der Waals surface area contributed by atoms with Crippen molar-refractivity contribution in [3.63, 3.8) is 0 Å². The van der Waals surface area contributed by atoms with Crippen LogP contribution in [-0.4, -0.2) is 29.9 Å². The number of halogens is 1. The third-order valence-corrected chi connectivity index (χ3v) is 5.32. The number of thioether (sulfide) groups is 1. The minimum absolute atomic E-state index is 0.166. The molecule has 1 aromatic carbocycles. The van der Waals surface area contributed by atoms with Crippen molar-refractivity contribution < 1.29 is 8.81 Å². The zero-order valence-corrected chi connectivity index (χ0v) is 16.3. The molecule has 0 aliphatic heterocycles. The predicted octanol–water partition coefficient (Wildman–Crippen LogP) is 4.23. The summed E-state index contributed by atoms with van der Waals surface area (Å²) in [5.41, 5.74) is 2.15. The van der Waals surface area contributed by atoms with E-state index in [0.29, 0.717) is 16.6 Å². The van der Waals surface area contributed by atoms with E-state index in [-0.39, 0.29) is 11.1 Å². The van der Waals surface area contributed by atoms with E-state index in [4.69, 9.17) is 4.42 Å². The van der Waals surface area contributed by atoms with Crippen LogP contribution in [0.1, 0.15) is 23.6 Å². The van der Waals surface area contributed by atoms with Crippen LogP contribution in [-0.2, 0) is 7.05 Å². The molecule has 0 bridgehead atoms. The normalized spacial score (nSPS) is 12.3. The summed E-state index contributed by atoms with van der Waals surface area (Å²) in [5, 5.41) is 17.1. The Bertz CT molecular complexity index is 1110. The van der Waals surface area contributed by atoms with Gasteiger partial charge in [0.2, 0.25) is 5.89 Å². The van der Waals surface area contributed by atoms with E-state index in [2.05, 4.69) is 25.4 Å². The van der Waals surface area contributed by atoms with Gasteiger partial charge in [-0.1, -0.05) is 23.4 Å². The molecule has 4 aromatic rings. The van der Waals surface area contributed by atoms with Crippen LogP contribution >= 0.6 is 11.8 Å². The van der Waals surface area contributed by atoms with Gasteiger partial charge in [0.05, 0.1) is 10.8 Å². The monoisotopic (exact) mass is 396 g/mol. The number of aromatic nitrogens is 6. The van der Waals surface area contributed by atoms with Crippen molar-refractivity contribution in [1.29, 1.82) is 0 Å². The molecule has 0 amide bonds. The SMILES string of the molecule is Cc1ccc(F)c(-c2nnc(C(C)Sc3nnc(-c4ccncc4)n3C)o2)c1. The molecule has 0 spiro atoms. The summed E-state index contributed by atoms with van der Waals surface area (Å²) >= 11 is 1.44. The van der Waals surface area contributed by atoms with E-state index < -0.39 is 5.82 Å². The van der Waals surface area contributed by atoms with Gasteiger partial charge in [-0.3, -0.25) is 4.98 Å². The van der Waals surface area contributed by atoms with E-state index in [1.54, 1.807) is 24.5 Å². The molecule has 9 heteroatoms. The van der Waals surface area contributed by atoms with Gasteiger partial charge in [-0.25, -0.2) is 4.39 Å². The lowest BCUT2D eigenvalue weighted by Gasteiger charge is -2.07. The third-order valence-electron chi connectivity index (χ3n) is 4.20. The van der Waals surface area contributed by atoms with Gasteiger partial charge in [0.15, 0.2) is 11.0 Å². The number of hydrogen-bond donors (Lipinski definition) is 0. The van der Waals surface area contributed by atoms with Crippen LogP contribution in [0.4, 0.5) is 4.39 Å². The second kappa shape index (κ2) is 7.51. The minimum atomic E-state index is -0.392. The lowest BCUT2D eigenvalue weighted by atomic mass is 10.1. The number of hydrogen-bond acceptors (Lipinski definition) is 7. The van der Waals surface area contributed by atoms with Crippen LogP contribution < -0.4 is 0 Å². The first-order chi connectivity index (χ1) is 13.5. The number of benzene rings is 1. The van der Waals surface area contributed by atoms with Crippen molar-refractivity contribution >= 4 is 11.8 Å². The fourth-order valence-electron chi connectivity index (χ4n) is 2.69. The molecule has 0 aliphatic rings. The van der Waals surface area contributed by atoms with Crippen molar-refractivity contribution in [1.82, 2.24) is 29.9 Å². The van der Waals surface area contributed by atoms with E-state index in [1.807, 2.05) is 37.6 Å². The van der Waals surface area contributed by atoms with Gasteiger partial charge in [0, 0.05) is 25.0 Å². The van der Waals surface area contributed by atoms with Crippen LogP contribution in [0.5, 0.6) is 0 Å². The molecule has 0 saturated heterocycles. The number of pyridine rings is 1. The molecule has 0 fully saturated rings. The van der Waals surface area contributed by atoms with E-state index >= 15 is 0 Å². The molecule has 1 unspecified atom stereocenters. The molecule has 0 aliphatic carbocycles. The highest BCUT2D eigenvalue weighted by atomic mass is 32.2. The van der Waals surface area contributed by atoms with E-state index in [1.165, 1.54) is 17.8 Å². The highest BCUT2D eigenvalue weighted by Crippen LogP contribution is 2.35. The third kappa shape index (κ3) is 3.53. The first kappa shape index (κ1) is 18.3. The van der Waals surface area contributed by atoms with Crippen LogP contribution in [0.3, 0.4) is 0 Å². The van der Waals surface area contributed by atoms with Gasteiger partial charge < -0.3 is 8.98 Å². The summed E-state index contributed by atoms with van der Waals surface area (Å²) in [6.07, 6.45) is 3.42. The molecule has 7 nitrogen and oxygen atoms in total. The molecule has 1 atom stereocenters. The average molecular weight is 396 g/mol. The Hall–Kier alpha value is -3.07. The van der Waals surface area contributed by atoms with Crippen LogP contribution in [0.25, 0.3) is 22.8 Å². The van der Waals surface area contributed by atoms with E-state index in [9.17, 15) is 4.39 Å². The van der Waals surface area contributed by atoms with Crippen molar-refractivity contribution in [2.24, 2.45) is 7.05 Å². The smallest absolute Gasteiger partial charge is 0.250 e. The maximum absolute atomic E-state index is 14.1. The minimum Gasteiger partial charge on any atom is -0.419 e. The molecule has 0 saturated carbocycles. The lowest BCUT2D eigenvalue weighted by Crippen LogP contribution is -1.97. The Morgan fingerprint density at radius 2 is 1.86 bits per heavy atom. The molecule has 0 N–H and O–H groups in total. The van der Waals surface area contributed by atoms with Crippen LogP contribution in [0, 0.1) is 12.7 Å². The molecular formula is C19H17FN6OS. The first-order valence-electron chi connectivity index (χ1n) is 8.59. The lowest BCUT2D eigenvalue weighted by molar-refractivity contribution is 0.504. The molecule has 3 heterocycles. The van der Waals surface area contributed by atoms with Gasteiger partial charge in [-0.2, -0.15) is 0 Å². The highest BCUT2D eigenvalue weighted by Gasteiger charge is 2.21. The molecule has 28 heavy (non-hydrogen) atoms. The van der Waals surface area contributed by atoms with Gasteiger partial charge in [0.1, 0.15) is 5.82 Å². The second-order valence-corrected chi connectivity index (χ2v) is 7.60. The molecule has 142 valence electrons. The first-order valence-corrected chi connectivity index (χ1v) is 9.47. The van der Waals surface area contributed by atoms with Crippen molar-refractivity contribution in [3.05, 3.63) is 60.0 Å². The van der Waals surface area contributed by atoms with Crippen molar-refractivity contribution in [2.75, 3.05) is 0 Å². The maximum Gasteiger partial charge on any atom is 0.250 e. The standard InChI is InChI=1S/C19H17FN6OS/c1-11-4-5-15(20)14(10-11)18-24-23-17(27-18)12(2)28-19-25-22-16(26(19)3)13-6-8-21-9-7-13/h4-10,12H,1-3H3. The Kier molecular flexibility index (Phi) is 4.91. The fourth-order valence-corrected chi connectivity index (χ4v) is 3.53. The zero-order valence-electron chi connectivity index (χ0n) is 15.5. The highest BCUT2D eigenvalue weighted by molar-refractivity contribution is 7.99. The Morgan fingerprint density at radius 1 is 1.07 bits per heavy atom. The van der Waals surface area contributed by atoms with Crippen LogP contribution in [0.2, 0.25) is 0 Å². The number of nitrogens with zero attached hydrogens (tertiary/aromatic N) is 6. The summed E-state index contributed by atoms with van der Waals surface area (Å²) < 4.78 is 21.7. The maximum atomic E-state index is 14.1. The summed E-state index contributed by atoms with van der Waals surface area (Å²) in [4.78, 5) is 4.02. The number of aryl methyl sites for hydroxylation is 1. The molecule has 4 rings (SSSR count). The summed E-state index contributed by atoms with van der Waals surface area (Å²) in [7, 11) is 1.90. The molecule has 3 aromatic heterocycles. The van der Waals surface area contributed by atoms with Gasteiger partial charge in [-0.15, -0.1) is 20.4 Å². The summed E-state index contributed by atoms with van der Waals surface area (Å²) in [5.74, 6) is 0.912. The van der Waals surface area contributed by atoms with Gasteiger partial charge >= 0.3 is 0 Å². The van der Waals surface area contributed by atoms with Crippen LogP contribution in [0.15, 0.2) is 52.3 Å². The fraction of sp³-hybridized carbons (Fsp3) is 0.211. The summed E-state index contributed by atoms with van der Waals surface area (Å²) in [6, 6.07) is 8.54. The molecule has 0 radical (unpaired) electrons. The zero-order chi connectivity index (χ0) is 19.7. The quantitative estimate of drug-likeness (QED) is 0.467. The average Bonchev–Trinajstić information content (AvgIpc) is 3.32. The van der Waals surface area contributed by atoms with E-state index in [0.717, 1.165) is 17.0 Å². The largest absolute Gasteiger partial charge is 0.419 e. The predicted molar refractivity (Wildman–Crippen MR) is 103 cm³/mol. The second-order valence-electron chi connectivity index (χ2n) is 6.29. The summed E-state index contributed by atoms with van der Waals surface area (Å²) in [6.45, 7) is 3.81. The van der Waals surface area contributed by atoms with Crippen molar-refractivity contribution in [3.8, 4) is 22.8 Å². The Labute approximate surface area is 165 Å². The van der Waals surface area contributed by atoms with Crippen molar-refractivity contribution in [2.45, 2.75) is 24.3 Å². The van der Waals surface area contributed by atoms with Gasteiger partial charge in [0.25, 0.3) is 5.89 Å². The Morgan fingerprint density at radius 3 is 2.64 bits per heavy atom.